The van der Waals surface area contributed by atoms with Crippen LogP contribution in [0.5, 0.6) is 5.75 Å². The number of aromatic amines is 2. The predicted octanol–water partition coefficient (Wildman–Crippen LogP) is 15.1. The van der Waals surface area contributed by atoms with Gasteiger partial charge >= 0.3 is 0 Å². The van der Waals surface area contributed by atoms with Crippen molar-refractivity contribution < 1.29 is 31.1 Å². The minimum absolute atomic E-state index is 0.00555. The molecule has 78 heavy (non-hydrogen) atoms. The molecule has 8 bridgehead atoms. The first-order chi connectivity index (χ1) is 38.1. The summed E-state index contributed by atoms with van der Waals surface area (Å²) in [6, 6.07) is 41.4. The third kappa shape index (κ3) is 9.74. The van der Waals surface area contributed by atoms with Crippen molar-refractivity contribution in [1.29, 1.82) is 0 Å². The molecule has 382 valence electrons. The second kappa shape index (κ2) is 21.1. The van der Waals surface area contributed by atoms with Crippen LogP contribution < -0.4 is 4.74 Å². The molecule has 0 saturated carbocycles. The van der Waals surface area contributed by atoms with Gasteiger partial charge in [0.15, 0.2) is 0 Å². The molecule has 2 aliphatic heterocycles. The second-order valence-corrected chi connectivity index (χ2v) is 18.5. The Morgan fingerprint density at radius 2 is 0.718 bits per heavy atom. The van der Waals surface area contributed by atoms with Gasteiger partial charge in [-0.15, -0.1) is 0 Å². The zero-order valence-electron chi connectivity index (χ0n) is 41.2. The average molecular weight is 1040 g/mol. The van der Waals surface area contributed by atoms with Crippen LogP contribution >= 0.6 is 0 Å². The van der Waals surface area contributed by atoms with Gasteiger partial charge in [-0.1, -0.05) is 54.6 Å². The maximum atomic E-state index is 16.2. The SMILES string of the molecule is Fc1cccc(F)c1-c1c2nc(c(-c3c(F)cccc3F)c3ccc([nH]3)c(-c3c(F)cccc3F)c3nc(c(-c4ccccc4OCc4cccc(CN(Cc5ccccn5)Cc5ccccn5)n4)c4ccc1[nH]4)C=C3)C=C2. The number of aromatic nitrogens is 7. The molecule has 0 spiro atoms. The molecule has 2 aliphatic rings. The Morgan fingerprint density at radius 1 is 0.346 bits per heavy atom. The van der Waals surface area contributed by atoms with Crippen molar-refractivity contribution in [3.63, 3.8) is 0 Å². The Hall–Kier alpha value is -9.73. The normalized spacial score (nSPS) is 11.9. The van der Waals surface area contributed by atoms with Crippen LogP contribution in [0.1, 0.15) is 45.6 Å². The van der Waals surface area contributed by atoms with Gasteiger partial charge in [0.05, 0.1) is 62.2 Å². The van der Waals surface area contributed by atoms with Gasteiger partial charge in [-0.05, 0) is 127 Å². The number of pyridine rings is 3. The van der Waals surface area contributed by atoms with E-state index < -0.39 is 51.6 Å². The topological polar surface area (TPSA) is 108 Å². The van der Waals surface area contributed by atoms with Crippen LogP contribution in [-0.4, -0.2) is 39.8 Å². The van der Waals surface area contributed by atoms with E-state index in [0.717, 1.165) is 53.5 Å². The number of fused-ring (bicyclic) bond motifs is 8. The summed E-state index contributed by atoms with van der Waals surface area (Å²) >= 11 is 0. The van der Waals surface area contributed by atoms with E-state index in [4.69, 9.17) is 19.7 Å². The molecule has 0 atom stereocenters. The minimum Gasteiger partial charge on any atom is -0.487 e. The van der Waals surface area contributed by atoms with Crippen molar-refractivity contribution in [2.75, 3.05) is 0 Å². The molecule has 0 amide bonds. The number of halogens is 6. The van der Waals surface area contributed by atoms with Gasteiger partial charge in [-0.3, -0.25) is 19.9 Å². The Balaban J connectivity index is 1.05. The zero-order chi connectivity index (χ0) is 53.3. The number of hydrogen-bond acceptors (Lipinski definition) is 7. The molecule has 6 aromatic heterocycles. The van der Waals surface area contributed by atoms with Gasteiger partial charge in [-0.2, -0.15) is 0 Å². The van der Waals surface area contributed by atoms with Crippen molar-refractivity contribution >= 4 is 46.4 Å². The third-order valence-electron chi connectivity index (χ3n) is 13.4. The van der Waals surface area contributed by atoms with Gasteiger partial charge in [0.2, 0.25) is 0 Å². The van der Waals surface area contributed by atoms with E-state index in [2.05, 4.69) is 24.8 Å². The Labute approximate surface area is 442 Å². The fraction of sp³-hybridized carbons (Fsp3) is 0.0635. The van der Waals surface area contributed by atoms with Crippen LogP contribution in [0.2, 0.25) is 0 Å². The van der Waals surface area contributed by atoms with Gasteiger partial charge < -0.3 is 14.7 Å². The zero-order valence-corrected chi connectivity index (χ0v) is 41.2. The summed E-state index contributed by atoms with van der Waals surface area (Å²) in [4.78, 5) is 32.9. The lowest BCUT2D eigenvalue weighted by atomic mass is 10.0. The average Bonchev–Trinajstić information content (AvgIpc) is 4.46. The molecule has 0 radical (unpaired) electrons. The summed E-state index contributed by atoms with van der Waals surface area (Å²) in [6.07, 6.45) is 9.82. The van der Waals surface area contributed by atoms with Crippen molar-refractivity contribution in [2.24, 2.45) is 0 Å². The maximum Gasteiger partial charge on any atom is 0.134 e. The number of rotatable bonds is 13. The fourth-order valence-corrected chi connectivity index (χ4v) is 9.97. The first-order valence-corrected chi connectivity index (χ1v) is 24.8. The highest BCUT2D eigenvalue weighted by Gasteiger charge is 2.26. The fourth-order valence-electron chi connectivity index (χ4n) is 9.97. The summed E-state index contributed by atoms with van der Waals surface area (Å²) in [6.45, 7) is 1.63. The number of hydrogen-bond donors (Lipinski definition) is 2. The number of ether oxygens (including phenoxy) is 1. The Kier molecular flexibility index (Phi) is 13.3. The van der Waals surface area contributed by atoms with E-state index in [0.29, 0.717) is 53.4 Å². The van der Waals surface area contributed by atoms with E-state index in [-0.39, 0.29) is 56.9 Å². The first-order valence-electron chi connectivity index (χ1n) is 24.8. The summed E-state index contributed by atoms with van der Waals surface area (Å²) in [7, 11) is 0. The van der Waals surface area contributed by atoms with E-state index in [9.17, 15) is 0 Å². The minimum atomic E-state index is -0.932. The number of para-hydroxylation sites is 1. The summed E-state index contributed by atoms with van der Waals surface area (Å²) in [5.74, 6) is -5.01. The number of nitrogens with one attached hydrogen (secondary N) is 2. The molecule has 0 unspecified atom stereocenters. The van der Waals surface area contributed by atoms with Crippen LogP contribution in [0.15, 0.2) is 170 Å². The Morgan fingerprint density at radius 3 is 1.17 bits per heavy atom. The van der Waals surface area contributed by atoms with Crippen LogP contribution in [0.25, 0.3) is 90.9 Å². The first kappa shape index (κ1) is 49.2. The van der Waals surface area contributed by atoms with Crippen LogP contribution in [0, 0.1) is 34.9 Å². The molecule has 8 heterocycles. The monoisotopic (exact) mass is 1040 g/mol. The van der Waals surface area contributed by atoms with Crippen molar-refractivity contribution in [1.82, 2.24) is 39.8 Å². The maximum absolute atomic E-state index is 16.2. The van der Waals surface area contributed by atoms with E-state index in [1.165, 1.54) is 42.5 Å². The van der Waals surface area contributed by atoms with E-state index in [1.807, 2.05) is 72.8 Å². The molecule has 9 nitrogen and oxygen atoms in total. The van der Waals surface area contributed by atoms with Gasteiger partial charge in [0.1, 0.15) is 47.3 Å². The lowest BCUT2D eigenvalue weighted by Gasteiger charge is -2.21. The largest absolute Gasteiger partial charge is 0.487 e. The lowest BCUT2D eigenvalue weighted by Crippen LogP contribution is -2.24. The molecular formula is C63H42F6N8O. The standard InChI is InChI=1S/C63H42F6N8O/c64-42-16-8-17-43(65)58(42)61-50-25-23-48(73-50)57(41-15-1-2-22-56(41)78-36-40-14-7-13-39(72-40)35-77(33-37-11-3-5-31-70-37)34-38-12-4-6-32-71-38)49-24-26-51(74-49)62(59-44(66)18-9-19-45(59)67)53-28-30-55(76-53)63(54-29-27-52(61)75-54)60-46(68)20-10-21-47(60)69/h1-32,73,76H,33-36H2. The second-order valence-electron chi connectivity index (χ2n) is 18.5. The smallest absolute Gasteiger partial charge is 0.134 e. The van der Waals surface area contributed by atoms with E-state index >= 15 is 26.3 Å². The molecule has 0 aliphatic carbocycles. The van der Waals surface area contributed by atoms with Gasteiger partial charge in [-0.25, -0.2) is 36.3 Å². The van der Waals surface area contributed by atoms with Crippen LogP contribution in [-0.2, 0) is 26.2 Å². The third-order valence-corrected chi connectivity index (χ3v) is 13.4. The molecule has 10 aromatic rings. The highest BCUT2D eigenvalue weighted by molar-refractivity contribution is 6.00. The number of nitrogens with zero attached hydrogens (tertiary/aromatic N) is 6. The number of benzene rings is 4. The molecule has 15 heteroatoms. The van der Waals surface area contributed by atoms with Crippen molar-refractivity contribution in [3.8, 4) is 50.3 Å². The van der Waals surface area contributed by atoms with Gasteiger partial charge in [0.25, 0.3) is 0 Å². The predicted molar refractivity (Wildman–Crippen MR) is 290 cm³/mol. The summed E-state index contributed by atoms with van der Waals surface area (Å²) < 4.78 is 104. The number of H-pyrrole nitrogens is 2. The molecule has 12 rings (SSSR count). The van der Waals surface area contributed by atoms with Crippen molar-refractivity contribution in [2.45, 2.75) is 26.2 Å². The molecular weight excluding hydrogens is 999 g/mol. The van der Waals surface area contributed by atoms with Gasteiger partial charge in [0, 0.05) is 81.9 Å². The highest BCUT2D eigenvalue weighted by Crippen LogP contribution is 2.42. The Bertz CT molecular complexity index is 4030. The molecule has 0 saturated heterocycles. The highest BCUT2D eigenvalue weighted by atomic mass is 19.2. The molecule has 2 N–H and O–H groups in total. The van der Waals surface area contributed by atoms with Crippen molar-refractivity contribution in [3.05, 3.63) is 251 Å². The molecule has 4 aromatic carbocycles. The summed E-state index contributed by atoms with van der Waals surface area (Å²) in [5.41, 5.74) is 4.27. The van der Waals surface area contributed by atoms with Crippen LogP contribution in [0.3, 0.4) is 0 Å². The quantitative estimate of drug-likeness (QED) is 0.111. The molecule has 0 fully saturated rings. The van der Waals surface area contributed by atoms with Crippen LogP contribution in [0.4, 0.5) is 26.3 Å². The lowest BCUT2D eigenvalue weighted by molar-refractivity contribution is 0.237. The van der Waals surface area contributed by atoms with E-state index in [1.54, 1.807) is 42.7 Å². The summed E-state index contributed by atoms with van der Waals surface area (Å²) in [5, 5.41) is 0.